The molecule has 2 N–H and O–H groups in total. The fourth-order valence-corrected chi connectivity index (χ4v) is 5.44. The third kappa shape index (κ3) is 2.90. The summed E-state index contributed by atoms with van der Waals surface area (Å²) >= 11 is 1.82. The zero-order chi connectivity index (χ0) is 14.2. The van der Waals surface area contributed by atoms with Crippen molar-refractivity contribution in [1.82, 2.24) is 4.31 Å². The molecular formula is C13H20N2O2S2. The van der Waals surface area contributed by atoms with Crippen LogP contribution in [0.1, 0.15) is 19.4 Å². The number of anilines is 1. The second kappa shape index (κ2) is 5.34. The molecule has 19 heavy (non-hydrogen) atoms. The van der Waals surface area contributed by atoms with Crippen LogP contribution in [0.4, 0.5) is 5.69 Å². The maximum Gasteiger partial charge on any atom is 0.243 e. The van der Waals surface area contributed by atoms with E-state index in [0.29, 0.717) is 22.4 Å². The van der Waals surface area contributed by atoms with Gasteiger partial charge in [0.2, 0.25) is 10.0 Å². The number of rotatable bonds is 2. The number of aryl methyl sites for hydroxylation is 1. The van der Waals surface area contributed by atoms with Crippen LogP contribution in [0, 0.1) is 6.92 Å². The fourth-order valence-electron chi connectivity index (χ4n) is 2.31. The topological polar surface area (TPSA) is 63.4 Å². The minimum Gasteiger partial charge on any atom is -0.399 e. The minimum absolute atomic E-state index is 0.00508. The Morgan fingerprint density at radius 1 is 1.32 bits per heavy atom. The van der Waals surface area contributed by atoms with E-state index >= 15 is 0 Å². The molecule has 2 unspecified atom stereocenters. The van der Waals surface area contributed by atoms with Crippen molar-refractivity contribution in [1.29, 1.82) is 0 Å². The van der Waals surface area contributed by atoms with Crippen LogP contribution in [-0.4, -0.2) is 36.3 Å². The largest absolute Gasteiger partial charge is 0.399 e. The average Bonchev–Trinajstić information content (AvgIpc) is 2.31. The van der Waals surface area contributed by atoms with Crippen molar-refractivity contribution >= 4 is 27.5 Å². The van der Waals surface area contributed by atoms with Crippen LogP contribution in [0.3, 0.4) is 0 Å². The second-order valence-electron chi connectivity index (χ2n) is 5.01. The lowest BCUT2D eigenvalue weighted by Crippen LogP contribution is -2.47. The highest BCUT2D eigenvalue weighted by atomic mass is 32.2. The molecule has 1 aromatic carbocycles. The number of sulfonamides is 1. The van der Waals surface area contributed by atoms with E-state index in [9.17, 15) is 8.42 Å². The normalized spacial score (nSPS) is 25.4. The molecule has 1 heterocycles. The number of hydrogen-bond donors (Lipinski definition) is 1. The SMILES string of the molecule is Cc1cc(N)cc(S(=O)(=O)N2CCSC(C)C2C)c1. The molecule has 0 saturated carbocycles. The predicted molar refractivity (Wildman–Crippen MR) is 80.9 cm³/mol. The molecule has 0 bridgehead atoms. The first-order chi connectivity index (χ1) is 8.82. The van der Waals surface area contributed by atoms with Crippen LogP contribution in [0.15, 0.2) is 23.1 Å². The summed E-state index contributed by atoms with van der Waals surface area (Å²) in [6, 6.07) is 5.01. The Morgan fingerprint density at radius 2 is 2.00 bits per heavy atom. The zero-order valence-corrected chi connectivity index (χ0v) is 13.1. The third-order valence-corrected chi connectivity index (χ3v) is 6.81. The van der Waals surface area contributed by atoms with Gasteiger partial charge in [0.05, 0.1) is 4.90 Å². The number of nitrogen functional groups attached to an aromatic ring is 1. The van der Waals surface area contributed by atoms with Gasteiger partial charge in [-0.15, -0.1) is 0 Å². The number of nitrogens with two attached hydrogens (primary N) is 1. The molecule has 6 heteroatoms. The van der Waals surface area contributed by atoms with Crippen molar-refractivity contribution in [2.45, 2.75) is 37.0 Å². The monoisotopic (exact) mass is 300 g/mol. The van der Waals surface area contributed by atoms with E-state index in [4.69, 9.17) is 5.73 Å². The molecule has 106 valence electrons. The summed E-state index contributed by atoms with van der Waals surface area (Å²) in [6.45, 7) is 6.45. The van der Waals surface area contributed by atoms with Gasteiger partial charge in [0.15, 0.2) is 0 Å². The lowest BCUT2D eigenvalue weighted by Gasteiger charge is -2.36. The van der Waals surface area contributed by atoms with E-state index in [1.165, 1.54) is 0 Å². The van der Waals surface area contributed by atoms with E-state index in [1.54, 1.807) is 22.5 Å². The molecule has 1 aromatic rings. The Balaban J connectivity index is 2.41. The first-order valence-corrected chi connectivity index (χ1v) is 8.82. The van der Waals surface area contributed by atoms with Crippen molar-refractivity contribution in [2.24, 2.45) is 0 Å². The van der Waals surface area contributed by atoms with Gasteiger partial charge in [-0.05, 0) is 37.6 Å². The average molecular weight is 300 g/mol. The lowest BCUT2D eigenvalue weighted by molar-refractivity contribution is 0.340. The van der Waals surface area contributed by atoms with E-state index in [2.05, 4.69) is 6.92 Å². The Bertz CT molecular complexity index is 552. The minimum atomic E-state index is -3.45. The van der Waals surface area contributed by atoms with Crippen LogP contribution >= 0.6 is 11.8 Å². The standard InChI is InChI=1S/C13H20N2O2S2/c1-9-6-12(14)8-13(7-9)19(16,17)15-4-5-18-11(3)10(15)2/h6-8,10-11H,4-5,14H2,1-3H3. The number of nitrogens with zero attached hydrogens (tertiary/aromatic N) is 1. The van der Waals surface area contributed by atoms with Crippen molar-refractivity contribution in [2.75, 3.05) is 18.0 Å². The summed E-state index contributed by atoms with van der Waals surface area (Å²) in [5.41, 5.74) is 7.12. The van der Waals surface area contributed by atoms with Gasteiger partial charge in [0, 0.05) is 29.3 Å². The van der Waals surface area contributed by atoms with Crippen LogP contribution < -0.4 is 5.73 Å². The van der Waals surface area contributed by atoms with Crippen LogP contribution in [0.5, 0.6) is 0 Å². The zero-order valence-electron chi connectivity index (χ0n) is 11.5. The summed E-state index contributed by atoms with van der Waals surface area (Å²) in [6.07, 6.45) is 0. The second-order valence-corrected chi connectivity index (χ2v) is 8.39. The molecule has 0 aromatic heterocycles. The molecule has 1 fully saturated rings. The Labute approximate surface area is 119 Å². The molecule has 4 nitrogen and oxygen atoms in total. The van der Waals surface area contributed by atoms with Crippen molar-refractivity contribution in [3.63, 3.8) is 0 Å². The number of hydrogen-bond acceptors (Lipinski definition) is 4. The summed E-state index contributed by atoms with van der Waals surface area (Å²) in [5, 5.41) is 0.311. The van der Waals surface area contributed by atoms with Gasteiger partial charge < -0.3 is 5.73 Å². The molecule has 0 radical (unpaired) electrons. The molecular weight excluding hydrogens is 280 g/mol. The summed E-state index contributed by atoms with van der Waals surface area (Å²) in [7, 11) is -3.45. The number of benzene rings is 1. The van der Waals surface area contributed by atoms with E-state index in [-0.39, 0.29) is 6.04 Å². The first kappa shape index (κ1) is 14.7. The first-order valence-electron chi connectivity index (χ1n) is 6.33. The molecule has 2 rings (SSSR count). The van der Waals surface area contributed by atoms with Gasteiger partial charge >= 0.3 is 0 Å². The van der Waals surface area contributed by atoms with E-state index < -0.39 is 10.0 Å². The highest BCUT2D eigenvalue weighted by Gasteiger charge is 2.35. The van der Waals surface area contributed by atoms with E-state index in [1.807, 2.05) is 25.6 Å². The third-order valence-electron chi connectivity index (χ3n) is 3.51. The summed E-state index contributed by atoms with van der Waals surface area (Å²) in [4.78, 5) is 0.302. The van der Waals surface area contributed by atoms with Crippen LogP contribution in [-0.2, 0) is 10.0 Å². The molecule has 1 aliphatic rings. The van der Waals surface area contributed by atoms with Crippen molar-refractivity contribution in [3.05, 3.63) is 23.8 Å². The van der Waals surface area contributed by atoms with Gasteiger partial charge in [-0.3, -0.25) is 0 Å². The Morgan fingerprint density at radius 3 is 2.63 bits per heavy atom. The Hall–Kier alpha value is -0.720. The lowest BCUT2D eigenvalue weighted by atomic mass is 10.2. The molecule has 2 atom stereocenters. The van der Waals surface area contributed by atoms with E-state index in [0.717, 1.165) is 11.3 Å². The Kier molecular flexibility index (Phi) is 4.13. The highest BCUT2D eigenvalue weighted by molar-refractivity contribution is 8.00. The van der Waals surface area contributed by atoms with Gasteiger partial charge in [-0.25, -0.2) is 8.42 Å². The van der Waals surface area contributed by atoms with Crippen LogP contribution in [0.25, 0.3) is 0 Å². The summed E-state index contributed by atoms with van der Waals surface area (Å²) < 4.78 is 27.0. The maximum absolute atomic E-state index is 12.7. The predicted octanol–water partition coefficient (Wildman–Crippen LogP) is 2.09. The molecule has 1 saturated heterocycles. The maximum atomic E-state index is 12.7. The highest BCUT2D eigenvalue weighted by Crippen LogP contribution is 2.30. The van der Waals surface area contributed by atoms with Crippen molar-refractivity contribution < 1.29 is 8.42 Å². The molecule has 0 aliphatic carbocycles. The number of thioether (sulfide) groups is 1. The van der Waals surface area contributed by atoms with Gasteiger partial charge in [-0.2, -0.15) is 16.1 Å². The molecule has 1 aliphatic heterocycles. The fraction of sp³-hybridized carbons (Fsp3) is 0.538. The summed E-state index contributed by atoms with van der Waals surface area (Å²) in [5.74, 6) is 0.839. The van der Waals surface area contributed by atoms with Gasteiger partial charge in [0.25, 0.3) is 0 Å². The van der Waals surface area contributed by atoms with Crippen molar-refractivity contribution in [3.8, 4) is 0 Å². The smallest absolute Gasteiger partial charge is 0.243 e. The van der Waals surface area contributed by atoms with Crippen LogP contribution in [0.2, 0.25) is 0 Å². The molecule has 0 spiro atoms. The van der Waals surface area contributed by atoms with Gasteiger partial charge in [-0.1, -0.05) is 6.92 Å². The molecule has 0 amide bonds. The van der Waals surface area contributed by atoms with Gasteiger partial charge in [0.1, 0.15) is 0 Å². The quantitative estimate of drug-likeness (QED) is 0.850.